The van der Waals surface area contributed by atoms with E-state index in [4.69, 9.17) is 5.73 Å². The second-order valence-corrected chi connectivity index (χ2v) is 6.96. The monoisotopic (exact) mass is 290 g/mol. The Morgan fingerprint density at radius 2 is 2.13 bits per heavy atom. The summed E-state index contributed by atoms with van der Waals surface area (Å²) in [5.41, 5.74) is 5.79. The molecule has 0 radical (unpaired) electrons. The highest BCUT2D eigenvalue weighted by molar-refractivity contribution is 9.11. The molecule has 86 valence electrons. The van der Waals surface area contributed by atoms with Crippen LogP contribution in [0, 0.1) is 0 Å². The zero-order valence-corrected chi connectivity index (χ0v) is 12.0. The summed E-state index contributed by atoms with van der Waals surface area (Å²) in [5, 5.41) is 0. The molecule has 1 heterocycles. The van der Waals surface area contributed by atoms with Gasteiger partial charge in [-0.05, 0) is 61.9 Å². The fourth-order valence-electron chi connectivity index (χ4n) is 1.43. The van der Waals surface area contributed by atoms with Crippen LogP contribution in [0.15, 0.2) is 15.9 Å². The summed E-state index contributed by atoms with van der Waals surface area (Å²) in [6, 6.07) is 4.27. The van der Waals surface area contributed by atoms with Crippen LogP contribution < -0.4 is 5.73 Å². The Labute approximate surface area is 105 Å². The minimum absolute atomic E-state index is 0.172. The average molecular weight is 291 g/mol. The first-order valence-electron chi connectivity index (χ1n) is 5.11. The third-order valence-electron chi connectivity index (χ3n) is 2.81. The number of thiophene rings is 1. The van der Waals surface area contributed by atoms with Crippen molar-refractivity contribution >= 4 is 27.3 Å². The zero-order valence-electron chi connectivity index (χ0n) is 9.59. The van der Waals surface area contributed by atoms with Gasteiger partial charge < -0.3 is 5.73 Å². The number of nitrogens with zero attached hydrogens (tertiary/aromatic N) is 1. The fourth-order valence-corrected chi connectivity index (χ4v) is 2.97. The Morgan fingerprint density at radius 1 is 1.47 bits per heavy atom. The van der Waals surface area contributed by atoms with E-state index in [0.717, 1.165) is 19.5 Å². The van der Waals surface area contributed by atoms with Crippen molar-refractivity contribution in [3.05, 3.63) is 20.8 Å². The predicted octanol–water partition coefficient (Wildman–Crippen LogP) is 3.07. The lowest BCUT2D eigenvalue weighted by Crippen LogP contribution is -2.41. The SMILES string of the molecule is CN(Cc1ccc(Br)s1)C(C)(C)CCN. The minimum Gasteiger partial charge on any atom is -0.330 e. The molecule has 0 fully saturated rings. The van der Waals surface area contributed by atoms with Gasteiger partial charge in [-0.25, -0.2) is 0 Å². The van der Waals surface area contributed by atoms with Gasteiger partial charge in [-0.3, -0.25) is 4.90 Å². The molecule has 2 N–H and O–H groups in total. The molecule has 2 nitrogen and oxygen atoms in total. The Kier molecular flexibility index (Phi) is 4.77. The van der Waals surface area contributed by atoms with Crippen molar-refractivity contribution < 1.29 is 0 Å². The molecule has 0 aliphatic carbocycles. The summed E-state index contributed by atoms with van der Waals surface area (Å²) >= 11 is 5.28. The maximum absolute atomic E-state index is 5.62. The lowest BCUT2D eigenvalue weighted by atomic mass is 9.99. The minimum atomic E-state index is 0.172. The van der Waals surface area contributed by atoms with E-state index in [9.17, 15) is 0 Å². The number of halogens is 1. The topological polar surface area (TPSA) is 29.3 Å². The molecule has 0 aliphatic heterocycles. The number of nitrogens with two attached hydrogens (primary N) is 1. The fraction of sp³-hybridized carbons (Fsp3) is 0.636. The van der Waals surface area contributed by atoms with E-state index in [1.807, 2.05) is 0 Å². The normalized spacial score (nSPS) is 12.4. The van der Waals surface area contributed by atoms with E-state index < -0.39 is 0 Å². The molecule has 0 amide bonds. The van der Waals surface area contributed by atoms with Crippen LogP contribution in [0.25, 0.3) is 0 Å². The summed E-state index contributed by atoms with van der Waals surface area (Å²) in [6.07, 6.45) is 1.02. The van der Waals surface area contributed by atoms with Crippen LogP contribution >= 0.6 is 27.3 Å². The summed E-state index contributed by atoms with van der Waals surface area (Å²) in [6.45, 7) is 6.21. The highest BCUT2D eigenvalue weighted by Crippen LogP contribution is 2.26. The molecule has 1 rings (SSSR count). The highest BCUT2D eigenvalue weighted by atomic mass is 79.9. The lowest BCUT2D eigenvalue weighted by molar-refractivity contribution is 0.141. The van der Waals surface area contributed by atoms with E-state index in [-0.39, 0.29) is 5.54 Å². The molecule has 0 aromatic carbocycles. The molecular weight excluding hydrogens is 272 g/mol. The van der Waals surface area contributed by atoms with Gasteiger partial charge in [0.2, 0.25) is 0 Å². The summed E-state index contributed by atoms with van der Waals surface area (Å²) < 4.78 is 1.20. The maximum Gasteiger partial charge on any atom is 0.0701 e. The van der Waals surface area contributed by atoms with Crippen LogP contribution in [-0.2, 0) is 6.54 Å². The molecule has 0 bridgehead atoms. The lowest BCUT2D eigenvalue weighted by Gasteiger charge is -2.35. The molecule has 0 saturated carbocycles. The van der Waals surface area contributed by atoms with E-state index in [1.165, 1.54) is 8.66 Å². The smallest absolute Gasteiger partial charge is 0.0701 e. The van der Waals surface area contributed by atoms with Gasteiger partial charge in [0.25, 0.3) is 0 Å². The van der Waals surface area contributed by atoms with Crippen LogP contribution in [-0.4, -0.2) is 24.0 Å². The predicted molar refractivity (Wildman–Crippen MR) is 71.2 cm³/mol. The van der Waals surface area contributed by atoms with Gasteiger partial charge in [0.05, 0.1) is 3.79 Å². The molecule has 1 aromatic heterocycles. The van der Waals surface area contributed by atoms with Crippen LogP contribution in [0.4, 0.5) is 0 Å². The molecule has 0 aliphatic rings. The molecule has 1 aromatic rings. The summed E-state index contributed by atoms with van der Waals surface area (Å²) in [5.74, 6) is 0. The van der Waals surface area contributed by atoms with Crippen LogP contribution in [0.2, 0.25) is 0 Å². The highest BCUT2D eigenvalue weighted by Gasteiger charge is 2.22. The van der Waals surface area contributed by atoms with Gasteiger partial charge in [-0.15, -0.1) is 11.3 Å². The van der Waals surface area contributed by atoms with E-state index in [0.29, 0.717) is 0 Å². The van der Waals surface area contributed by atoms with E-state index >= 15 is 0 Å². The molecule has 4 heteroatoms. The maximum atomic E-state index is 5.62. The van der Waals surface area contributed by atoms with E-state index in [1.54, 1.807) is 11.3 Å². The largest absolute Gasteiger partial charge is 0.330 e. The van der Waals surface area contributed by atoms with Crippen molar-refractivity contribution in [2.45, 2.75) is 32.4 Å². The first-order chi connectivity index (χ1) is 6.95. The number of rotatable bonds is 5. The molecule has 0 atom stereocenters. The Balaban J connectivity index is 2.58. The first kappa shape index (κ1) is 13.2. The molecular formula is C11H19BrN2S. The third-order valence-corrected chi connectivity index (χ3v) is 4.42. The molecule has 0 saturated heterocycles. The quantitative estimate of drug-likeness (QED) is 0.903. The van der Waals surface area contributed by atoms with Gasteiger partial charge in [0.15, 0.2) is 0 Å². The van der Waals surface area contributed by atoms with Gasteiger partial charge in [-0.1, -0.05) is 0 Å². The van der Waals surface area contributed by atoms with Crippen LogP contribution in [0.3, 0.4) is 0 Å². The van der Waals surface area contributed by atoms with Crippen molar-refractivity contribution in [2.24, 2.45) is 5.73 Å². The van der Waals surface area contributed by atoms with Crippen molar-refractivity contribution in [3.63, 3.8) is 0 Å². The first-order valence-corrected chi connectivity index (χ1v) is 6.72. The summed E-state index contributed by atoms with van der Waals surface area (Å²) in [4.78, 5) is 3.74. The Hall–Kier alpha value is 0.1000. The number of hydrogen-bond donors (Lipinski definition) is 1. The van der Waals surface area contributed by atoms with Crippen LogP contribution in [0.1, 0.15) is 25.1 Å². The second-order valence-electron chi connectivity index (χ2n) is 4.41. The molecule has 0 spiro atoms. The van der Waals surface area contributed by atoms with Gasteiger partial charge in [-0.2, -0.15) is 0 Å². The van der Waals surface area contributed by atoms with E-state index in [2.05, 4.69) is 53.9 Å². The molecule has 15 heavy (non-hydrogen) atoms. The number of hydrogen-bond acceptors (Lipinski definition) is 3. The van der Waals surface area contributed by atoms with Gasteiger partial charge in [0.1, 0.15) is 0 Å². The van der Waals surface area contributed by atoms with Crippen molar-refractivity contribution in [1.29, 1.82) is 0 Å². The van der Waals surface area contributed by atoms with Gasteiger partial charge >= 0.3 is 0 Å². The summed E-state index contributed by atoms with van der Waals surface area (Å²) in [7, 11) is 2.16. The molecule has 0 unspecified atom stereocenters. The van der Waals surface area contributed by atoms with Crippen molar-refractivity contribution in [1.82, 2.24) is 4.90 Å². The van der Waals surface area contributed by atoms with Crippen molar-refractivity contribution in [2.75, 3.05) is 13.6 Å². The second kappa shape index (κ2) is 5.43. The van der Waals surface area contributed by atoms with Crippen molar-refractivity contribution in [3.8, 4) is 0 Å². The van der Waals surface area contributed by atoms with Gasteiger partial charge in [0, 0.05) is 17.0 Å². The standard InChI is InChI=1S/C11H19BrN2S/c1-11(2,6-7-13)14(3)8-9-4-5-10(12)15-9/h4-5H,6-8,13H2,1-3H3. The zero-order chi connectivity index (χ0) is 11.5. The third kappa shape index (κ3) is 3.87. The Bertz CT molecular complexity index is 309. The van der Waals surface area contributed by atoms with Crippen LogP contribution in [0.5, 0.6) is 0 Å². The Morgan fingerprint density at radius 3 is 2.60 bits per heavy atom. The average Bonchev–Trinajstić information content (AvgIpc) is 2.51.